The van der Waals surface area contributed by atoms with Crippen molar-refractivity contribution in [3.8, 4) is 0 Å². The van der Waals surface area contributed by atoms with E-state index in [-0.39, 0.29) is 41.4 Å². The Balaban J connectivity index is 1.97. The van der Waals surface area contributed by atoms with Gasteiger partial charge in [-0.3, -0.25) is 29.3 Å². The molecule has 0 spiro atoms. The van der Waals surface area contributed by atoms with E-state index in [1.54, 1.807) is 60.7 Å². The molecule has 0 saturated heterocycles. The van der Waals surface area contributed by atoms with Gasteiger partial charge in [0.15, 0.2) is 5.92 Å². The number of amides is 3. The number of para-hydroxylation sites is 1. The van der Waals surface area contributed by atoms with Crippen LogP contribution in [0.15, 0.2) is 65.8 Å². The number of carbonyl (C=O) groups excluding carboxylic acids is 6. The smallest absolute Gasteiger partial charge is 0.428 e. The second-order valence-electron chi connectivity index (χ2n) is 10.2. The number of ether oxygens (including phenoxy) is 4. The van der Waals surface area contributed by atoms with Gasteiger partial charge < -0.3 is 24.3 Å². The van der Waals surface area contributed by atoms with Crippen molar-refractivity contribution in [1.82, 2.24) is 10.1 Å². The van der Waals surface area contributed by atoms with Crippen molar-refractivity contribution >= 4 is 47.2 Å². The molecule has 3 rings (SSSR count). The first-order chi connectivity index (χ1) is 22.9. The lowest BCUT2D eigenvalue weighted by atomic mass is 9.87. The number of hydrogen-bond donors (Lipinski definition) is 3. The number of esters is 3. The molecule has 2 atom stereocenters. The molecule has 0 saturated carbocycles. The van der Waals surface area contributed by atoms with E-state index >= 15 is 0 Å². The van der Waals surface area contributed by atoms with Crippen molar-refractivity contribution in [3.05, 3.63) is 88.7 Å². The standard InChI is InChI=1S/C33H37N5O10/c1-7-47-32(43)27(24(30(41)45-5)19(2)35-36-33(44)48-18-22-14-10-8-11-15-22)29(40)37-38-20(3)25(26(21(38)4)31(42)46-6)28(39)34-23-16-12-9-13-17-23/h8-17,24,27H,7,18H2,1-6H3,(H,34,39)(H,36,44)(H,37,40)/b35-19-. The second kappa shape index (κ2) is 17.1. The molecular weight excluding hydrogens is 626 g/mol. The molecule has 0 bridgehead atoms. The first-order valence-electron chi connectivity index (χ1n) is 14.7. The fourth-order valence-corrected chi connectivity index (χ4v) is 4.79. The van der Waals surface area contributed by atoms with Crippen molar-refractivity contribution < 1.29 is 47.7 Å². The Kier molecular flexibility index (Phi) is 13.0. The number of benzene rings is 2. The van der Waals surface area contributed by atoms with Crippen LogP contribution < -0.4 is 16.2 Å². The van der Waals surface area contributed by atoms with E-state index in [4.69, 9.17) is 18.9 Å². The van der Waals surface area contributed by atoms with E-state index in [2.05, 4.69) is 21.3 Å². The number of hydrazone groups is 1. The summed E-state index contributed by atoms with van der Waals surface area (Å²) in [5.41, 5.74) is 5.58. The van der Waals surface area contributed by atoms with Crippen LogP contribution in [-0.2, 0) is 39.9 Å². The molecule has 2 aromatic carbocycles. The van der Waals surface area contributed by atoms with Gasteiger partial charge in [0.25, 0.3) is 11.8 Å². The number of carbonyl (C=O) groups is 6. The van der Waals surface area contributed by atoms with E-state index in [9.17, 15) is 28.8 Å². The zero-order chi connectivity index (χ0) is 35.4. The molecule has 0 radical (unpaired) electrons. The third-order valence-electron chi connectivity index (χ3n) is 7.11. The average Bonchev–Trinajstić information content (AvgIpc) is 3.33. The number of nitrogens with one attached hydrogen (secondary N) is 3. The lowest BCUT2D eigenvalue weighted by Gasteiger charge is -2.24. The minimum Gasteiger partial charge on any atom is -0.468 e. The monoisotopic (exact) mass is 663 g/mol. The van der Waals surface area contributed by atoms with Gasteiger partial charge in [0.1, 0.15) is 12.5 Å². The molecule has 1 heterocycles. The number of hydrogen-bond acceptors (Lipinski definition) is 11. The largest absolute Gasteiger partial charge is 0.468 e. The van der Waals surface area contributed by atoms with Gasteiger partial charge in [-0.05, 0) is 45.4 Å². The molecule has 3 amide bonds. The molecule has 0 fully saturated rings. The molecule has 3 aromatic rings. The van der Waals surface area contributed by atoms with Crippen LogP contribution in [0.5, 0.6) is 0 Å². The molecule has 0 aliphatic heterocycles. The zero-order valence-electron chi connectivity index (χ0n) is 27.3. The molecule has 15 heteroatoms. The Morgan fingerprint density at radius 3 is 1.98 bits per heavy atom. The number of rotatable bonds is 13. The van der Waals surface area contributed by atoms with E-state index < -0.39 is 47.7 Å². The summed E-state index contributed by atoms with van der Waals surface area (Å²) in [6.45, 7) is 5.51. The molecular formula is C33H37N5O10. The third-order valence-corrected chi connectivity index (χ3v) is 7.11. The molecule has 2 unspecified atom stereocenters. The summed E-state index contributed by atoms with van der Waals surface area (Å²) in [7, 11) is 2.18. The highest BCUT2D eigenvalue weighted by Crippen LogP contribution is 2.26. The van der Waals surface area contributed by atoms with Gasteiger partial charge in [0.05, 0.1) is 49.1 Å². The molecule has 48 heavy (non-hydrogen) atoms. The number of methoxy groups -OCH3 is 2. The maximum atomic E-state index is 13.9. The molecule has 1 aromatic heterocycles. The Bertz CT molecular complexity index is 1690. The quantitative estimate of drug-likeness (QED) is 0.0802. The van der Waals surface area contributed by atoms with E-state index in [0.717, 1.165) is 18.9 Å². The number of anilines is 1. The van der Waals surface area contributed by atoms with Crippen LogP contribution >= 0.6 is 0 Å². The van der Waals surface area contributed by atoms with Gasteiger partial charge >= 0.3 is 24.0 Å². The van der Waals surface area contributed by atoms with Crippen molar-refractivity contribution in [1.29, 1.82) is 0 Å². The van der Waals surface area contributed by atoms with Gasteiger partial charge in [0.2, 0.25) is 0 Å². The molecule has 0 aliphatic carbocycles. The molecule has 0 aliphatic rings. The lowest BCUT2D eigenvalue weighted by Crippen LogP contribution is -2.46. The van der Waals surface area contributed by atoms with E-state index in [0.29, 0.717) is 11.3 Å². The van der Waals surface area contributed by atoms with Crippen LogP contribution in [-0.4, -0.2) is 67.0 Å². The van der Waals surface area contributed by atoms with E-state index in [1.165, 1.54) is 27.7 Å². The average molecular weight is 664 g/mol. The summed E-state index contributed by atoms with van der Waals surface area (Å²) in [6.07, 6.45) is -0.964. The Labute approximate surface area is 276 Å². The van der Waals surface area contributed by atoms with Gasteiger partial charge in [-0.15, -0.1) is 0 Å². The van der Waals surface area contributed by atoms with Crippen LogP contribution in [0.3, 0.4) is 0 Å². The van der Waals surface area contributed by atoms with Crippen molar-refractivity contribution in [2.24, 2.45) is 16.9 Å². The normalized spacial score (nSPS) is 12.2. The highest BCUT2D eigenvalue weighted by Gasteiger charge is 2.44. The first-order valence-corrected chi connectivity index (χ1v) is 14.7. The zero-order valence-corrected chi connectivity index (χ0v) is 27.3. The van der Waals surface area contributed by atoms with E-state index in [1.807, 2.05) is 0 Å². The van der Waals surface area contributed by atoms with Crippen LogP contribution in [0.25, 0.3) is 0 Å². The summed E-state index contributed by atoms with van der Waals surface area (Å²) in [5, 5.41) is 6.59. The SMILES string of the molecule is CCOC(=O)C(C(=O)Nn1c(C)c(C(=O)Nc2ccccc2)c(C(=O)OC)c1C)C(C(=O)OC)/C(C)=N\NC(=O)OCc1ccccc1. The van der Waals surface area contributed by atoms with Crippen LogP contribution in [0.1, 0.15) is 51.5 Å². The summed E-state index contributed by atoms with van der Waals surface area (Å²) in [4.78, 5) is 78.7. The number of aromatic nitrogens is 1. The topological polar surface area (TPSA) is 193 Å². The summed E-state index contributed by atoms with van der Waals surface area (Å²) < 4.78 is 21.2. The predicted molar refractivity (Wildman–Crippen MR) is 173 cm³/mol. The van der Waals surface area contributed by atoms with Crippen LogP contribution in [0.4, 0.5) is 10.5 Å². The summed E-state index contributed by atoms with van der Waals surface area (Å²) in [5.74, 6) is -8.32. The Morgan fingerprint density at radius 2 is 1.40 bits per heavy atom. The Hall–Kier alpha value is -5.99. The summed E-state index contributed by atoms with van der Waals surface area (Å²) >= 11 is 0. The highest BCUT2D eigenvalue weighted by atomic mass is 16.6. The van der Waals surface area contributed by atoms with Crippen LogP contribution in [0, 0.1) is 25.7 Å². The van der Waals surface area contributed by atoms with Gasteiger partial charge in [-0.2, -0.15) is 5.10 Å². The molecule has 3 N–H and O–H groups in total. The lowest BCUT2D eigenvalue weighted by molar-refractivity contribution is -0.159. The van der Waals surface area contributed by atoms with Crippen molar-refractivity contribution in [2.75, 3.05) is 31.6 Å². The van der Waals surface area contributed by atoms with Gasteiger partial charge in [0, 0.05) is 5.69 Å². The predicted octanol–water partition coefficient (Wildman–Crippen LogP) is 3.48. The Morgan fingerprint density at radius 1 is 0.792 bits per heavy atom. The van der Waals surface area contributed by atoms with Crippen molar-refractivity contribution in [3.63, 3.8) is 0 Å². The molecule has 254 valence electrons. The minimum atomic E-state index is -1.90. The summed E-state index contributed by atoms with van der Waals surface area (Å²) in [6, 6.07) is 17.3. The maximum absolute atomic E-state index is 13.9. The van der Waals surface area contributed by atoms with Gasteiger partial charge in [-0.25, -0.2) is 15.0 Å². The second-order valence-corrected chi connectivity index (χ2v) is 10.2. The fraction of sp³-hybridized carbons (Fsp3) is 0.303. The highest BCUT2D eigenvalue weighted by molar-refractivity contribution is 6.15. The van der Waals surface area contributed by atoms with Gasteiger partial charge in [-0.1, -0.05) is 48.5 Å². The minimum absolute atomic E-state index is 0.0655. The fourth-order valence-electron chi connectivity index (χ4n) is 4.79. The first kappa shape index (κ1) is 36.5. The number of nitrogens with zero attached hydrogens (tertiary/aromatic N) is 2. The van der Waals surface area contributed by atoms with Crippen molar-refractivity contribution in [2.45, 2.75) is 34.3 Å². The van der Waals surface area contributed by atoms with Crippen LogP contribution in [0.2, 0.25) is 0 Å². The maximum Gasteiger partial charge on any atom is 0.428 e. The third kappa shape index (κ3) is 8.84. The molecule has 15 nitrogen and oxygen atoms in total.